The molecule has 0 aromatic heterocycles. The molecular weight excluding hydrogens is 260 g/mol. The van der Waals surface area contributed by atoms with Crippen LogP contribution in [0.25, 0.3) is 0 Å². The van der Waals surface area contributed by atoms with E-state index < -0.39 is 6.10 Å². The van der Waals surface area contributed by atoms with E-state index in [9.17, 15) is 4.79 Å². The van der Waals surface area contributed by atoms with E-state index in [1.54, 1.807) is 4.90 Å². The monoisotopic (exact) mass is 280 g/mol. The number of nitrogens with two attached hydrogens (primary N) is 1. The summed E-state index contributed by atoms with van der Waals surface area (Å²) >= 11 is 0. The van der Waals surface area contributed by atoms with Gasteiger partial charge < -0.3 is 24.8 Å². The first-order valence-corrected chi connectivity index (χ1v) is 6.59. The molecule has 1 heterocycles. The van der Waals surface area contributed by atoms with Crippen molar-refractivity contribution in [3.8, 4) is 11.5 Å². The lowest BCUT2D eigenvalue weighted by molar-refractivity contribution is -0.141. The van der Waals surface area contributed by atoms with Crippen molar-refractivity contribution in [2.75, 3.05) is 27.0 Å². The highest BCUT2D eigenvalue weighted by molar-refractivity contribution is 5.81. The summed E-state index contributed by atoms with van der Waals surface area (Å²) in [6.07, 6.45) is -0.594. The average molecular weight is 280 g/mol. The second kappa shape index (κ2) is 6.58. The van der Waals surface area contributed by atoms with E-state index in [1.807, 2.05) is 25.1 Å². The number of carbonyl (C=O) groups is 1. The highest BCUT2D eigenvalue weighted by atomic mass is 16.7. The maximum absolute atomic E-state index is 12.2. The molecule has 1 unspecified atom stereocenters. The van der Waals surface area contributed by atoms with Crippen molar-refractivity contribution < 1.29 is 19.0 Å². The van der Waals surface area contributed by atoms with Gasteiger partial charge >= 0.3 is 0 Å². The Hall–Kier alpha value is -1.79. The molecular formula is C14H20N2O4. The minimum absolute atomic E-state index is 0.102. The quantitative estimate of drug-likeness (QED) is 0.832. The Morgan fingerprint density at radius 1 is 1.45 bits per heavy atom. The Balaban J connectivity index is 2.08. The van der Waals surface area contributed by atoms with Crippen molar-refractivity contribution >= 4 is 5.91 Å². The molecule has 0 spiro atoms. The van der Waals surface area contributed by atoms with Crippen molar-refractivity contribution in [3.05, 3.63) is 23.8 Å². The number of rotatable bonds is 6. The summed E-state index contributed by atoms with van der Waals surface area (Å²) < 4.78 is 15.7. The van der Waals surface area contributed by atoms with Crippen LogP contribution in [0, 0.1) is 0 Å². The molecule has 110 valence electrons. The fraction of sp³-hybridized carbons (Fsp3) is 0.500. The zero-order chi connectivity index (χ0) is 14.5. The van der Waals surface area contributed by atoms with Crippen molar-refractivity contribution in [3.63, 3.8) is 0 Å². The van der Waals surface area contributed by atoms with E-state index in [0.29, 0.717) is 18.8 Å². The van der Waals surface area contributed by atoms with Crippen LogP contribution in [0.5, 0.6) is 11.5 Å². The van der Waals surface area contributed by atoms with E-state index in [2.05, 4.69) is 0 Å². The number of methoxy groups -OCH3 is 1. The van der Waals surface area contributed by atoms with Gasteiger partial charge in [0.05, 0.1) is 0 Å². The number of fused-ring (bicyclic) bond motifs is 1. The van der Waals surface area contributed by atoms with Gasteiger partial charge in [-0.2, -0.15) is 0 Å². The van der Waals surface area contributed by atoms with Gasteiger partial charge in [-0.3, -0.25) is 4.79 Å². The smallest absolute Gasteiger partial charge is 0.253 e. The standard InChI is InChI=1S/C14H20N2O4/c1-3-16(14(17)13(7-15)18-2)8-10-4-5-11-12(6-10)20-9-19-11/h4-6,13H,3,7-9,15H2,1-2H3. The summed E-state index contributed by atoms with van der Waals surface area (Å²) in [5, 5.41) is 0. The summed E-state index contributed by atoms with van der Waals surface area (Å²) in [7, 11) is 1.49. The van der Waals surface area contributed by atoms with Crippen LogP contribution in [-0.4, -0.2) is 43.9 Å². The Bertz CT molecular complexity index is 474. The van der Waals surface area contributed by atoms with E-state index in [1.165, 1.54) is 7.11 Å². The zero-order valence-electron chi connectivity index (χ0n) is 11.8. The number of hydrogen-bond acceptors (Lipinski definition) is 5. The molecule has 2 N–H and O–H groups in total. The zero-order valence-corrected chi connectivity index (χ0v) is 11.8. The molecule has 0 saturated carbocycles. The predicted molar refractivity (Wildman–Crippen MR) is 73.5 cm³/mol. The van der Waals surface area contributed by atoms with Gasteiger partial charge in [0.25, 0.3) is 5.91 Å². The lowest BCUT2D eigenvalue weighted by atomic mass is 10.1. The Morgan fingerprint density at radius 2 is 2.20 bits per heavy atom. The lowest BCUT2D eigenvalue weighted by Gasteiger charge is -2.25. The van der Waals surface area contributed by atoms with E-state index in [0.717, 1.165) is 11.3 Å². The molecule has 1 atom stereocenters. The average Bonchev–Trinajstić information content (AvgIpc) is 2.93. The molecule has 0 fully saturated rings. The molecule has 0 saturated heterocycles. The van der Waals surface area contributed by atoms with Gasteiger partial charge in [-0.25, -0.2) is 0 Å². The number of carbonyl (C=O) groups excluding carboxylic acids is 1. The topological polar surface area (TPSA) is 74.0 Å². The molecule has 0 bridgehead atoms. The van der Waals surface area contributed by atoms with Gasteiger partial charge in [0, 0.05) is 26.7 Å². The number of benzene rings is 1. The molecule has 2 rings (SSSR count). The number of ether oxygens (including phenoxy) is 3. The molecule has 6 nitrogen and oxygen atoms in total. The molecule has 1 aliphatic rings. The highest BCUT2D eigenvalue weighted by Gasteiger charge is 2.22. The minimum atomic E-state index is -0.594. The maximum atomic E-state index is 12.2. The van der Waals surface area contributed by atoms with E-state index in [-0.39, 0.29) is 19.2 Å². The second-order valence-corrected chi connectivity index (χ2v) is 4.50. The summed E-state index contributed by atoms with van der Waals surface area (Å²) in [4.78, 5) is 13.9. The Labute approximate surface area is 118 Å². The first kappa shape index (κ1) is 14.6. The van der Waals surface area contributed by atoms with Crippen molar-refractivity contribution in [2.45, 2.75) is 19.6 Å². The number of likely N-dealkylation sites (N-methyl/N-ethyl adjacent to an activating group) is 1. The first-order valence-electron chi connectivity index (χ1n) is 6.59. The van der Waals surface area contributed by atoms with Gasteiger partial charge in [0.2, 0.25) is 6.79 Å². The van der Waals surface area contributed by atoms with E-state index >= 15 is 0 Å². The Morgan fingerprint density at radius 3 is 2.85 bits per heavy atom. The summed E-state index contributed by atoms with van der Waals surface area (Å²) in [5.74, 6) is 1.35. The Kier molecular flexibility index (Phi) is 4.81. The largest absolute Gasteiger partial charge is 0.454 e. The van der Waals surface area contributed by atoms with Crippen LogP contribution in [0.2, 0.25) is 0 Å². The van der Waals surface area contributed by atoms with Crippen LogP contribution < -0.4 is 15.2 Å². The van der Waals surface area contributed by atoms with Gasteiger partial charge in [-0.15, -0.1) is 0 Å². The number of hydrogen-bond donors (Lipinski definition) is 1. The van der Waals surface area contributed by atoms with Gasteiger partial charge in [0.15, 0.2) is 11.5 Å². The van der Waals surface area contributed by atoms with Gasteiger partial charge in [-0.05, 0) is 24.6 Å². The van der Waals surface area contributed by atoms with Gasteiger partial charge in [0.1, 0.15) is 6.10 Å². The van der Waals surface area contributed by atoms with Crippen LogP contribution >= 0.6 is 0 Å². The number of amides is 1. The molecule has 0 aliphatic carbocycles. The van der Waals surface area contributed by atoms with Crippen LogP contribution in [0.15, 0.2) is 18.2 Å². The lowest BCUT2D eigenvalue weighted by Crippen LogP contribution is -2.43. The third kappa shape index (κ3) is 3.02. The third-order valence-electron chi connectivity index (χ3n) is 3.28. The van der Waals surface area contributed by atoms with Crippen LogP contribution in [0.1, 0.15) is 12.5 Å². The van der Waals surface area contributed by atoms with E-state index in [4.69, 9.17) is 19.9 Å². The van der Waals surface area contributed by atoms with Crippen molar-refractivity contribution in [1.82, 2.24) is 4.90 Å². The second-order valence-electron chi connectivity index (χ2n) is 4.50. The molecule has 1 aromatic rings. The predicted octanol–water partition coefficient (Wildman–Crippen LogP) is 0.737. The van der Waals surface area contributed by atoms with Crippen molar-refractivity contribution in [1.29, 1.82) is 0 Å². The molecule has 6 heteroatoms. The molecule has 1 amide bonds. The summed E-state index contributed by atoms with van der Waals surface area (Å²) in [5.41, 5.74) is 6.52. The number of nitrogens with zero attached hydrogens (tertiary/aromatic N) is 1. The molecule has 1 aliphatic heterocycles. The summed E-state index contributed by atoms with van der Waals surface area (Å²) in [6.45, 7) is 3.42. The SMILES string of the molecule is CCN(Cc1ccc2c(c1)OCO2)C(=O)C(CN)OC. The third-order valence-corrected chi connectivity index (χ3v) is 3.28. The van der Waals surface area contributed by atoms with Crippen molar-refractivity contribution in [2.24, 2.45) is 5.73 Å². The summed E-state index contributed by atoms with van der Waals surface area (Å²) in [6, 6.07) is 5.67. The molecule has 20 heavy (non-hydrogen) atoms. The van der Waals surface area contributed by atoms with Crippen LogP contribution in [0.3, 0.4) is 0 Å². The van der Waals surface area contributed by atoms with Crippen LogP contribution in [-0.2, 0) is 16.1 Å². The van der Waals surface area contributed by atoms with Crippen LogP contribution in [0.4, 0.5) is 0 Å². The fourth-order valence-corrected chi connectivity index (χ4v) is 2.11. The minimum Gasteiger partial charge on any atom is -0.454 e. The molecule has 1 aromatic carbocycles. The highest BCUT2D eigenvalue weighted by Crippen LogP contribution is 2.32. The van der Waals surface area contributed by atoms with Gasteiger partial charge in [-0.1, -0.05) is 6.07 Å². The first-order chi connectivity index (χ1) is 9.69. The fourth-order valence-electron chi connectivity index (χ4n) is 2.11. The molecule has 0 radical (unpaired) electrons. The maximum Gasteiger partial charge on any atom is 0.253 e. The normalized spacial score (nSPS) is 14.2.